The molecule has 260 valence electrons. The van der Waals surface area contributed by atoms with Crippen molar-refractivity contribution in [1.82, 2.24) is 0 Å². The third-order valence-electron chi connectivity index (χ3n) is 11.8. The summed E-state index contributed by atoms with van der Waals surface area (Å²) in [5.74, 6) is 0. The van der Waals surface area contributed by atoms with E-state index in [1.807, 2.05) is 6.07 Å². The third-order valence-corrected chi connectivity index (χ3v) is 11.8. The molecule has 2 nitrogen and oxygen atoms in total. The van der Waals surface area contributed by atoms with Crippen LogP contribution in [0.4, 0.5) is 17.1 Å². The second-order valence-electron chi connectivity index (χ2n) is 15.3. The van der Waals surface area contributed by atoms with Gasteiger partial charge >= 0.3 is 0 Å². The van der Waals surface area contributed by atoms with E-state index >= 15 is 0 Å². The first-order valence-electron chi connectivity index (χ1n) is 19.1. The van der Waals surface area contributed by atoms with Gasteiger partial charge in [0.05, 0.1) is 0 Å². The van der Waals surface area contributed by atoms with E-state index in [2.05, 4.69) is 201 Å². The van der Waals surface area contributed by atoms with Crippen molar-refractivity contribution in [2.75, 3.05) is 4.90 Å². The molecule has 10 aromatic rings. The molecule has 0 saturated carbocycles. The molecule has 0 amide bonds. The average Bonchev–Trinajstić information content (AvgIpc) is 3.73. The number of nitrogens with zero attached hydrogens (tertiary/aromatic N) is 1. The number of fused-ring (bicyclic) bond motifs is 9. The van der Waals surface area contributed by atoms with Gasteiger partial charge in [-0.05, 0) is 115 Å². The minimum absolute atomic E-state index is 0.0589. The van der Waals surface area contributed by atoms with Crippen LogP contribution in [0.15, 0.2) is 192 Å². The van der Waals surface area contributed by atoms with Crippen molar-refractivity contribution in [3.8, 4) is 33.4 Å². The quantitative estimate of drug-likeness (QED) is 0.177. The molecular weight excluding hydrogens is 667 g/mol. The van der Waals surface area contributed by atoms with E-state index in [4.69, 9.17) is 4.42 Å². The van der Waals surface area contributed by atoms with E-state index in [-0.39, 0.29) is 5.41 Å². The van der Waals surface area contributed by atoms with Crippen molar-refractivity contribution in [3.05, 3.63) is 199 Å². The Balaban J connectivity index is 1.07. The first kappa shape index (κ1) is 31.6. The maximum absolute atomic E-state index is 6.54. The van der Waals surface area contributed by atoms with Crippen LogP contribution in [-0.2, 0) is 5.41 Å². The molecule has 0 aliphatic heterocycles. The number of benzene rings is 9. The van der Waals surface area contributed by atoms with Crippen molar-refractivity contribution in [2.24, 2.45) is 0 Å². The van der Waals surface area contributed by atoms with E-state index in [0.29, 0.717) is 0 Å². The smallest absolute Gasteiger partial charge is 0.143 e. The highest BCUT2D eigenvalue weighted by Gasteiger charge is 2.35. The zero-order valence-electron chi connectivity index (χ0n) is 30.8. The largest absolute Gasteiger partial charge is 0.455 e. The van der Waals surface area contributed by atoms with Crippen molar-refractivity contribution >= 4 is 60.5 Å². The van der Waals surface area contributed by atoms with Crippen LogP contribution in [0.2, 0.25) is 0 Å². The second kappa shape index (κ2) is 12.1. The van der Waals surface area contributed by atoms with Gasteiger partial charge in [0.25, 0.3) is 0 Å². The predicted molar refractivity (Wildman–Crippen MR) is 232 cm³/mol. The molecule has 1 aliphatic carbocycles. The molecule has 0 saturated heterocycles. The van der Waals surface area contributed by atoms with Crippen LogP contribution in [0.25, 0.3) is 76.9 Å². The zero-order chi connectivity index (χ0) is 36.7. The monoisotopic (exact) mass is 703 g/mol. The van der Waals surface area contributed by atoms with Gasteiger partial charge in [-0.25, -0.2) is 0 Å². The summed E-state index contributed by atoms with van der Waals surface area (Å²) in [6.45, 7) is 4.68. The van der Waals surface area contributed by atoms with Crippen LogP contribution in [0.1, 0.15) is 25.0 Å². The Labute approximate surface area is 320 Å². The molecule has 9 aromatic carbocycles. The Morgan fingerprint density at radius 1 is 0.400 bits per heavy atom. The van der Waals surface area contributed by atoms with E-state index in [9.17, 15) is 0 Å². The van der Waals surface area contributed by atoms with Gasteiger partial charge in [-0.3, -0.25) is 0 Å². The Morgan fingerprint density at radius 2 is 1.05 bits per heavy atom. The number of hydrogen-bond acceptors (Lipinski definition) is 2. The van der Waals surface area contributed by atoms with E-state index in [1.54, 1.807) is 0 Å². The maximum atomic E-state index is 6.54. The summed E-state index contributed by atoms with van der Waals surface area (Å²) in [7, 11) is 0. The number of rotatable bonds is 5. The molecule has 0 N–H and O–H groups in total. The van der Waals surface area contributed by atoms with Crippen LogP contribution in [0, 0.1) is 0 Å². The van der Waals surface area contributed by atoms with Gasteiger partial charge in [-0.1, -0.05) is 147 Å². The minimum atomic E-state index is -0.0589. The standard InChI is InChI=1S/C53H37NO/c1-53(2)48-19-7-5-16-44(48)47-33-42(28-30-49(47)53)54(41-15-9-14-38(32-41)39-22-21-34-11-3-4-12-37(34)31-39)40-26-23-35(24-27-40)43-18-10-13-36-25-29-46-45-17-6-8-20-50(45)55-52(46)51(36)43/h3-33H,1-2H3. The Morgan fingerprint density at radius 3 is 1.96 bits per heavy atom. The molecule has 1 aromatic heterocycles. The third kappa shape index (κ3) is 4.95. The highest BCUT2D eigenvalue weighted by Crippen LogP contribution is 2.51. The van der Waals surface area contributed by atoms with Crippen LogP contribution in [0.5, 0.6) is 0 Å². The fraction of sp³-hybridized carbons (Fsp3) is 0.0566. The molecule has 1 aliphatic rings. The number of hydrogen-bond donors (Lipinski definition) is 0. The summed E-state index contributed by atoms with van der Waals surface area (Å²) in [6, 6.07) is 68.5. The second-order valence-corrected chi connectivity index (χ2v) is 15.3. The summed E-state index contributed by atoms with van der Waals surface area (Å²) in [5.41, 5.74) is 15.2. The Kier molecular flexibility index (Phi) is 6.93. The molecule has 55 heavy (non-hydrogen) atoms. The van der Waals surface area contributed by atoms with Crippen LogP contribution in [-0.4, -0.2) is 0 Å². The zero-order valence-corrected chi connectivity index (χ0v) is 30.8. The highest BCUT2D eigenvalue weighted by molar-refractivity contribution is 6.19. The van der Waals surface area contributed by atoms with Crippen molar-refractivity contribution in [2.45, 2.75) is 19.3 Å². The molecule has 0 atom stereocenters. The number of anilines is 3. The fourth-order valence-corrected chi connectivity index (χ4v) is 9.07. The predicted octanol–water partition coefficient (Wildman–Crippen LogP) is 15.0. The van der Waals surface area contributed by atoms with Crippen LogP contribution >= 0.6 is 0 Å². The van der Waals surface area contributed by atoms with Crippen LogP contribution < -0.4 is 4.90 Å². The van der Waals surface area contributed by atoms with Crippen molar-refractivity contribution in [3.63, 3.8) is 0 Å². The van der Waals surface area contributed by atoms with Gasteiger partial charge in [0.1, 0.15) is 11.2 Å². The molecule has 0 spiro atoms. The van der Waals surface area contributed by atoms with Gasteiger partial charge in [0.15, 0.2) is 0 Å². The normalized spacial score (nSPS) is 13.1. The molecule has 0 radical (unpaired) electrons. The first-order valence-corrected chi connectivity index (χ1v) is 19.1. The summed E-state index contributed by atoms with van der Waals surface area (Å²) < 4.78 is 6.54. The maximum Gasteiger partial charge on any atom is 0.143 e. The lowest BCUT2D eigenvalue weighted by Crippen LogP contribution is -2.15. The SMILES string of the molecule is CC1(C)c2ccccc2-c2cc(N(c3ccc(-c4cccc5ccc6c7ccccc7oc6c45)cc3)c3cccc(-c4ccc5ccccc5c4)c3)ccc21. The van der Waals surface area contributed by atoms with E-state index in [1.165, 1.54) is 49.5 Å². The summed E-state index contributed by atoms with van der Waals surface area (Å²) >= 11 is 0. The molecule has 2 heteroatoms. The van der Waals surface area contributed by atoms with Crippen LogP contribution in [0.3, 0.4) is 0 Å². The summed E-state index contributed by atoms with van der Waals surface area (Å²) in [4.78, 5) is 2.41. The van der Waals surface area contributed by atoms with Gasteiger partial charge in [0, 0.05) is 38.6 Å². The average molecular weight is 704 g/mol. The van der Waals surface area contributed by atoms with Gasteiger partial charge in [-0.15, -0.1) is 0 Å². The lowest BCUT2D eigenvalue weighted by Gasteiger charge is -2.28. The molecule has 0 bridgehead atoms. The topological polar surface area (TPSA) is 16.4 Å². The first-order chi connectivity index (χ1) is 27.0. The molecular formula is C53H37NO. The molecule has 11 rings (SSSR count). The minimum Gasteiger partial charge on any atom is -0.455 e. The highest BCUT2D eigenvalue weighted by atomic mass is 16.3. The van der Waals surface area contributed by atoms with Gasteiger partial charge in [-0.2, -0.15) is 0 Å². The van der Waals surface area contributed by atoms with E-state index < -0.39 is 0 Å². The van der Waals surface area contributed by atoms with Crippen molar-refractivity contribution < 1.29 is 4.42 Å². The summed E-state index contributed by atoms with van der Waals surface area (Å²) in [5, 5.41) is 7.09. The Hall–Kier alpha value is -6.90. The lowest BCUT2D eigenvalue weighted by atomic mass is 9.82. The Bertz CT molecular complexity index is 3130. The molecule has 0 fully saturated rings. The number of para-hydroxylation sites is 1. The van der Waals surface area contributed by atoms with E-state index in [0.717, 1.165) is 55.5 Å². The summed E-state index contributed by atoms with van der Waals surface area (Å²) in [6.07, 6.45) is 0. The number of furan rings is 1. The van der Waals surface area contributed by atoms with Gasteiger partial charge in [0.2, 0.25) is 0 Å². The molecule has 0 unspecified atom stereocenters. The molecule has 1 heterocycles. The lowest BCUT2D eigenvalue weighted by molar-refractivity contribution is 0.660. The van der Waals surface area contributed by atoms with Gasteiger partial charge < -0.3 is 9.32 Å². The fourth-order valence-electron chi connectivity index (χ4n) is 9.07. The van der Waals surface area contributed by atoms with Crippen molar-refractivity contribution in [1.29, 1.82) is 0 Å².